The molecule has 166 valence electrons. The Kier molecular flexibility index (Phi) is 5.66. The summed E-state index contributed by atoms with van der Waals surface area (Å²) in [5.41, 5.74) is 4.64. The van der Waals surface area contributed by atoms with E-state index in [0.29, 0.717) is 12.6 Å². The van der Waals surface area contributed by atoms with Crippen molar-refractivity contribution in [2.45, 2.75) is 46.1 Å². The van der Waals surface area contributed by atoms with Gasteiger partial charge in [0.2, 0.25) is 0 Å². The van der Waals surface area contributed by atoms with E-state index in [4.69, 9.17) is 4.74 Å². The molecule has 1 unspecified atom stereocenters. The number of benzene rings is 1. The largest absolute Gasteiger partial charge is 0.492 e. The van der Waals surface area contributed by atoms with Gasteiger partial charge < -0.3 is 25.0 Å². The van der Waals surface area contributed by atoms with Gasteiger partial charge in [0.15, 0.2) is 0 Å². The first kappa shape index (κ1) is 20.7. The monoisotopic (exact) mass is 428 g/mol. The molecule has 1 saturated heterocycles. The summed E-state index contributed by atoms with van der Waals surface area (Å²) >= 11 is 0. The summed E-state index contributed by atoms with van der Waals surface area (Å²) in [6.45, 7) is 7.99. The Labute approximate surface area is 187 Å². The van der Waals surface area contributed by atoms with Crippen molar-refractivity contribution in [1.29, 1.82) is 0 Å². The highest BCUT2D eigenvalue weighted by atomic mass is 16.5. The van der Waals surface area contributed by atoms with Crippen LogP contribution in [0.4, 0.5) is 0 Å². The number of para-hydroxylation sites is 1. The minimum atomic E-state index is 0.571. The molecule has 1 atom stereocenters. The predicted octanol–water partition coefficient (Wildman–Crippen LogP) is 3.88. The number of ether oxygens (including phenoxy) is 1. The van der Waals surface area contributed by atoms with Crippen LogP contribution in [0.1, 0.15) is 43.1 Å². The Morgan fingerprint density at radius 2 is 1.97 bits per heavy atom. The van der Waals surface area contributed by atoms with E-state index < -0.39 is 0 Å². The molecule has 0 amide bonds. The van der Waals surface area contributed by atoms with E-state index in [9.17, 15) is 0 Å². The summed E-state index contributed by atoms with van der Waals surface area (Å²) in [4.78, 5) is 10.7. The molecule has 0 aliphatic carbocycles. The van der Waals surface area contributed by atoms with E-state index in [1.54, 1.807) is 0 Å². The van der Waals surface area contributed by atoms with E-state index >= 15 is 0 Å². The number of aromatic nitrogens is 3. The number of rotatable bonds is 5. The molecule has 3 aromatic heterocycles. The number of aromatic amines is 3. The maximum Gasteiger partial charge on any atom is 0.144 e. The molecule has 5 heteroatoms. The van der Waals surface area contributed by atoms with Crippen LogP contribution >= 0.6 is 0 Å². The molecule has 4 heterocycles. The predicted molar refractivity (Wildman–Crippen MR) is 131 cm³/mol. The number of H-pyrrole nitrogens is 3. The Balaban J connectivity index is 1.76. The van der Waals surface area contributed by atoms with Gasteiger partial charge in [-0.3, -0.25) is 0 Å². The summed E-state index contributed by atoms with van der Waals surface area (Å²) in [5.74, 6) is 0.871. The highest BCUT2D eigenvalue weighted by Gasteiger charge is 2.12. The van der Waals surface area contributed by atoms with Gasteiger partial charge >= 0.3 is 0 Å². The molecular formula is C27H32N4O. The topological polar surface area (TPSA) is 68.6 Å². The van der Waals surface area contributed by atoms with Crippen LogP contribution < -0.4 is 20.6 Å². The van der Waals surface area contributed by atoms with Crippen LogP contribution in [0.15, 0.2) is 36.4 Å². The van der Waals surface area contributed by atoms with Crippen molar-refractivity contribution < 1.29 is 4.74 Å². The van der Waals surface area contributed by atoms with Gasteiger partial charge in [-0.25, -0.2) is 0 Å². The fourth-order valence-corrected chi connectivity index (χ4v) is 4.82. The average molecular weight is 429 g/mol. The molecule has 4 N–H and O–H groups in total. The highest BCUT2D eigenvalue weighted by molar-refractivity contribution is 5.80. The Bertz CT molecular complexity index is 1450. The third kappa shape index (κ3) is 4.00. The summed E-state index contributed by atoms with van der Waals surface area (Å²) in [6, 6.07) is 13.4. The second-order valence-corrected chi connectivity index (χ2v) is 8.78. The van der Waals surface area contributed by atoms with Crippen molar-refractivity contribution in [3.8, 4) is 5.75 Å². The summed E-state index contributed by atoms with van der Waals surface area (Å²) in [7, 11) is 0. The van der Waals surface area contributed by atoms with Crippen LogP contribution in [-0.2, 0) is 0 Å². The van der Waals surface area contributed by atoms with Crippen LogP contribution in [0, 0.1) is 24.5 Å². The molecule has 5 rings (SSSR count). The van der Waals surface area contributed by atoms with Gasteiger partial charge in [-0.2, -0.15) is 0 Å². The average Bonchev–Trinajstić information content (AvgIpc) is 3.55. The molecule has 1 fully saturated rings. The summed E-state index contributed by atoms with van der Waals surface area (Å²) in [6.07, 6.45) is 8.09. The number of fused-ring (bicyclic) bond motifs is 1. The first-order valence-corrected chi connectivity index (χ1v) is 11.7. The lowest BCUT2D eigenvalue weighted by Gasteiger charge is -2.04. The van der Waals surface area contributed by atoms with Crippen molar-refractivity contribution >= 4 is 23.1 Å². The Morgan fingerprint density at radius 3 is 2.72 bits per heavy atom. The summed E-state index contributed by atoms with van der Waals surface area (Å²) in [5, 5.41) is 9.27. The van der Waals surface area contributed by atoms with E-state index in [2.05, 4.69) is 82.7 Å². The van der Waals surface area contributed by atoms with Gasteiger partial charge in [0.25, 0.3) is 0 Å². The molecule has 0 radical (unpaired) electrons. The van der Waals surface area contributed by atoms with E-state index in [1.165, 1.54) is 29.0 Å². The van der Waals surface area contributed by atoms with Crippen molar-refractivity contribution in [3.05, 3.63) is 74.6 Å². The fraction of sp³-hybridized carbons (Fsp3) is 0.333. The van der Waals surface area contributed by atoms with Gasteiger partial charge in [0.1, 0.15) is 5.75 Å². The van der Waals surface area contributed by atoms with Crippen LogP contribution in [0.3, 0.4) is 0 Å². The van der Waals surface area contributed by atoms with Crippen molar-refractivity contribution in [3.63, 3.8) is 0 Å². The third-order valence-corrected chi connectivity index (χ3v) is 6.37. The lowest BCUT2D eigenvalue weighted by Crippen LogP contribution is -2.20. The second kappa shape index (κ2) is 8.75. The van der Waals surface area contributed by atoms with E-state index in [1.807, 2.05) is 6.92 Å². The quantitative estimate of drug-likeness (QED) is 0.390. The van der Waals surface area contributed by atoms with Crippen LogP contribution in [-0.4, -0.2) is 34.1 Å². The minimum absolute atomic E-state index is 0.571. The summed E-state index contributed by atoms with van der Waals surface area (Å²) < 4.78 is 6.00. The first-order valence-electron chi connectivity index (χ1n) is 11.7. The van der Waals surface area contributed by atoms with Crippen LogP contribution in [0.5, 0.6) is 5.75 Å². The normalized spacial score (nSPS) is 18.8. The van der Waals surface area contributed by atoms with Gasteiger partial charge in [-0.1, -0.05) is 24.3 Å². The van der Waals surface area contributed by atoms with Crippen molar-refractivity contribution in [2.24, 2.45) is 0 Å². The van der Waals surface area contributed by atoms with Crippen LogP contribution in [0.2, 0.25) is 0 Å². The smallest absolute Gasteiger partial charge is 0.144 e. The highest BCUT2D eigenvalue weighted by Crippen LogP contribution is 2.14. The van der Waals surface area contributed by atoms with Gasteiger partial charge in [-0.05, 0) is 70.4 Å². The maximum absolute atomic E-state index is 6.00. The molecule has 0 saturated carbocycles. The third-order valence-electron chi connectivity index (χ3n) is 6.37. The molecule has 0 spiro atoms. The van der Waals surface area contributed by atoms with E-state index in [-0.39, 0.29) is 0 Å². The fourth-order valence-electron chi connectivity index (χ4n) is 4.82. The molecule has 5 nitrogen and oxygen atoms in total. The lowest BCUT2D eigenvalue weighted by molar-refractivity contribution is 0.338. The number of hydrogen-bond donors (Lipinski definition) is 4. The zero-order valence-electron chi connectivity index (χ0n) is 19.1. The number of aryl methyl sites for hydroxylation is 2. The van der Waals surface area contributed by atoms with Gasteiger partial charge in [-0.15, -0.1) is 0 Å². The lowest BCUT2D eigenvalue weighted by atomic mass is 10.1. The van der Waals surface area contributed by atoms with Crippen molar-refractivity contribution in [2.75, 3.05) is 13.2 Å². The molecular weight excluding hydrogens is 396 g/mol. The van der Waals surface area contributed by atoms with Gasteiger partial charge in [0, 0.05) is 39.6 Å². The molecule has 4 aromatic rings. The first-order chi connectivity index (χ1) is 15.6. The Morgan fingerprint density at radius 1 is 1.09 bits per heavy atom. The number of nitrogens with one attached hydrogen (secondary N) is 4. The standard InChI is InChI=1S/C27H32N4O/c1-4-32-26-16-25(30-24(26)15-23-17(2)14-18(3)29-23)27-21(12-11-19-8-7-13-28-19)20-9-5-6-10-22(20)31-27/h5-6,9-10,12,14-16,19,28-31H,4,7-8,11,13H2,1-3H3/b21-12-,24-15-,27-25-. The van der Waals surface area contributed by atoms with Crippen molar-refractivity contribution in [1.82, 2.24) is 20.3 Å². The van der Waals surface area contributed by atoms with E-state index in [0.717, 1.165) is 51.7 Å². The van der Waals surface area contributed by atoms with Gasteiger partial charge in [0.05, 0.1) is 22.7 Å². The second-order valence-electron chi connectivity index (χ2n) is 8.78. The Hall–Kier alpha value is -3.18. The van der Waals surface area contributed by atoms with Crippen LogP contribution in [0.25, 0.3) is 23.1 Å². The zero-order valence-corrected chi connectivity index (χ0v) is 19.1. The zero-order chi connectivity index (χ0) is 22.1. The molecule has 32 heavy (non-hydrogen) atoms. The minimum Gasteiger partial charge on any atom is -0.492 e. The molecule has 0 bridgehead atoms. The number of hydrogen-bond acceptors (Lipinski definition) is 2. The molecule has 1 aliphatic heterocycles. The SMILES string of the molecule is CCOc1c/c(=c2/[nH]c3ccccc3/c2=C/CC2CCCN2)[nH]/c1=C\c1[nH]c(C)cc1C. The maximum atomic E-state index is 6.00. The molecule has 1 aromatic carbocycles. The molecule has 1 aliphatic rings.